The van der Waals surface area contributed by atoms with Crippen molar-refractivity contribution in [2.45, 2.75) is 71.8 Å². The van der Waals surface area contributed by atoms with Gasteiger partial charge in [0.05, 0.1) is 0 Å². The van der Waals surface area contributed by atoms with Crippen LogP contribution in [0.25, 0.3) is 0 Å². The molecule has 1 aromatic rings. The molecule has 6 nitrogen and oxygen atoms in total. The average molecular weight is 347 g/mol. The average Bonchev–Trinajstić information content (AvgIpc) is 3.17. The summed E-state index contributed by atoms with van der Waals surface area (Å²) in [5, 5.41) is 12.0. The molecule has 0 amide bonds. The van der Waals surface area contributed by atoms with E-state index >= 15 is 0 Å². The first kappa shape index (κ1) is 18.2. The van der Waals surface area contributed by atoms with E-state index in [-0.39, 0.29) is 0 Å². The monoisotopic (exact) mass is 346 g/mol. The zero-order valence-corrected chi connectivity index (χ0v) is 16.2. The highest BCUT2D eigenvalue weighted by molar-refractivity contribution is 5.80. The molecule has 1 N–H and O–H groups in total. The lowest BCUT2D eigenvalue weighted by Gasteiger charge is -2.33. The van der Waals surface area contributed by atoms with Crippen LogP contribution < -0.4 is 5.32 Å². The van der Waals surface area contributed by atoms with Crippen LogP contribution in [0, 0.1) is 12.3 Å². The highest BCUT2D eigenvalue weighted by Gasteiger charge is 2.39. The molecule has 0 aromatic carbocycles. The molecule has 0 unspecified atom stereocenters. The van der Waals surface area contributed by atoms with Crippen molar-refractivity contribution >= 4 is 5.96 Å². The number of hydrogen-bond donors (Lipinski definition) is 1. The molecule has 1 saturated carbocycles. The topological polar surface area (TPSA) is 58.3 Å². The van der Waals surface area contributed by atoms with Gasteiger partial charge in [-0.1, -0.05) is 32.6 Å². The van der Waals surface area contributed by atoms with Crippen LogP contribution in [0.1, 0.15) is 69.9 Å². The zero-order valence-electron chi connectivity index (χ0n) is 16.2. The van der Waals surface area contributed by atoms with E-state index < -0.39 is 0 Å². The first-order chi connectivity index (χ1) is 12.1. The molecule has 2 aliphatic rings. The molecule has 1 spiro atoms. The number of unbranched alkanes of at least 4 members (excludes halogenated alkanes) is 1. The van der Waals surface area contributed by atoms with Gasteiger partial charge < -0.3 is 14.8 Å². The predicted octanol–water partition coefficient (Wildman–Crippen LogP) is 3.03. The largest absolute Gasteiger partial charge is 0.356 e. The molecule has 25 heavy (non-hydrogen) atoms. The van der Waals surface area contributed by atoms with Crippen LogP contribution in [-0.4, -0.2) is 45.3 Å². The first-order valence-corrected chi connectivity index (χ1v) is 10.0. The predicted molar refractivity (Wildman–Crippen MR) is 101 cm³/mol. The molecule has 2 heterocycles. The van der Waals surface area contributed by atoms with E-state index in [0.717, 1.165) is 30.7 Å². The number of aryl methyl sites for hydroxylation is 1. The molecule has 1 saturated heterocycles. The Bertz CT molecular complexity index is 585. The van der Waals surface area contributed by atoms with Gasteiger partial charge in [-0.05, 0) is 38.0 Å². The van der Waals surface area contributed by atoms with Crippen LogP contribution in [0.2, 0.25) is 0 Å². The van der Waals surface area contributed by atoms with Crippen LogP contribution in [0.4, 0.5) is 0 Å². The summed E-state index contributed by atoms with van der Waals surface area (Å²) < 4.78 is 2.03. The van der Waals surface area contributed by atoms with Crippen LogP contribution in [0.5, 0.6) is 0 Å². The minimum atomic E-state index is 0.548. The second-order valence-corrected chi connectivity index (χ2v) is 7.87. The van der Waals surface area contributed by atoms with Crippen molar-refractivity contribution in [3.05, 3.63) is 11.6 Å². The molecule has 0 radical (unpaired) electrons. The maximum absolute atomic E-state index is 4.91. The van der Waals surface area contributed by atoms with Crippen LogP contribution in [0.15, 0.2) is 4.99 Å². The molecular weight excluding hydrogens is 312 g/mol. The van der Waals surface area contributed by atoms with E-state index in [1.165, 1.54) is 57.9 Å². The van der Waals surface area contributed by atoms with Gasteiger partial charge >= 0.3 is 0 Å². The SMILES string of the molecule is CCCCNC(=NCc1nnc(C)n1C)N1CCC2(CCCCC2)C1. The standard InChI is InChI=1S/C19H34N6/c1-4-5-12-20-18(21-14-17-23-22-16(2)24(17)3)25-13-11-19(15-25)9-7-6-8-10-19/h4-15H2,1-3H3,(H,20,21). The fourth-order valence-electron chi connectivity index (χ4n) is 4.20. The van der Waals surface area contributed by atoms with Gasteiger partial charge in [-0.15, -0.1) is 10.2 Å². The number of aliphatic imine (C=N–C) groups is 1. The Kier molecular flexibility index (Phi) is 5.97. The van der Waals surface area contributed by atoms with Crippen molar-refractivity contribution in [2.75, 3.05) is 19.6 Å². The summed E-state index contributed by atoms with van der Waals surface area (Å²) in [6, 6.07) is 0. The van der Waals surface area contributed by atoms with Crippen LogP contribution in [0.3, 0.4) is 0 Å². The van der Waals surface area contributed by atoms with Crippen LogP contribution in [-0.2, 0) is 13.6 Å². The summed E-state index contributed by atoms with van der Waals surface area (Å²) in [7, 11) is 2.01. The van der Waals surface area contributed by atoms with Gasteiger partial charge in [-0.2, -0.15) is 0 Å². The van der Waals surface area contributed by atoms with Gasteiger partial charge in [0.2, 0.25) is 0 Å². The third-order valence-electron chi connectivity index (χ3n) is 6.02. The molecule has 1 aliphatic heterocycles. The van der Waals surface area contributed by atoms with E-state index in [0.29, 0.717) is 12.0 Å². The summed E-state index contributed by atoms with van der Waals surface area (Å²) in [5.74, 6) is 2.93. The third-order valence-corrected chi connectivity index (χ3v) is 6.02. The van der Waals surface area contributed by atoms with Crippen molar-refractivity contribution in [3.63, 3.8) is 0 Å². The highest BCUT2D eigenvalue weighted by atomic mass is 15.3. The lowest BCUT2D eigenvalue weighted by molar-refractivity contribution is 0.203. The van der Waals surface area contributed by atoms with Gasteiger partial charge in [0.1, 0.15) is 12.4 Å². The van der Waals surface area contributed by atoms with E-state index in [4.69, 9.17) is 4.99 Å². The van der Waals surface area contributed by atoms with Crippen molar-refractivity contribution < 1.29 is 0 Å². The number of nitrogens with zero attached hydrogens (tertiary/aromatic N) is 5. The quantitative estimate of drug-likeness (QED) is 0.506. The second kappa shape index (κ2) is 8.19. The number of rotatable bonds is 5. The lowest BCUT2D eigenvalue weighted by atomic mass is 9.73. The molecule has 3 rings (SSSR count). The first-order valence-electron chi connectivity index (χ1n) is 10.0. The molecule has 1 aliphatic carbocycles. The van der Waals surface area contributed by atoms with E-state index in [2.05, 4.69) is 27.3 Å². The number of likely N-dealkylation sites (tertiary alicyclic amines) is 1. The molecule has 140 valence electrons. The van der Waals surface area contributed by atoms with E-state index in [1.54, 1.807) is 0 Å². The summed E-state index contributed by atoms with van der Waals surface area (Å²) in [6.45, 7) is 8.10. The normalized spacial score (nSPS) is 20.4. The zero-order chi connectivity index (χ0) is 17.7. The third kappa shape index (κ3) is 4.33. The Labute approximate surface area is 152 Å². The Morgan fingerprint density at radius 3 is 2.68 bits per heavy atom. The van der Waals surface area contributed by atoms with Gasteiger partial charge in [0.15, 0.2) is 11.8 Å². The Hall–Kier alpha value is -1.59. The fraction of sp³-hybridized carbons (Fsp3) is 0.842. The van der Waals surface area contributed by atoms with Gasteiger partial charge in [0, 0.05) is 26.7 Å². The smallest absolute Gasteiger partial charge is 0.194 e. The minimum absolute atomic E-state index is 0.548. The molecule has 0 bridgehead atoms. The Balaban J connectivity index is 1.68. The summed E-state index contributed by atoms with van der Waals surface area (Å²) in [5.41, 5.74) is 0.548. The van der Waals surface area contributed by atoms with Crippen molar-refractivity contribution in [2.24, 2.45) is 17.5 Å². The number of hydrogen-bond acceptors (Lipinski definition) is 3. The van der Waals surface area contributed by atoms with Gasteiger partial charge in [-0.25, -0.2) is 4.99 Å². The minimum Gasteiger partial charge on any atom is -0.356 e. The second-order valence-electron chi connectivity index (χ2n) is 7.87. The molecule has 0 atom stereocenters. The molecule has 1 aromatic heterocycles. The van der Waals surface area contributed by atoms with Crippen molar-refractivity contribution in [3.8, 4) is 0 Å². The van der Waals surface area contributed by atoms with E-state index in [9.17, 15) is 0 Å². The Morgan fingerprint density at radius 2 is 2.00 bits per heavy atom. The number of guanidine groups is 1. The molecule has 6 heteroatoms. The highest BCUT2D eigenvalue weighted by Crippen LogP contribution is 2.43. The summed E-state index contributed by atoms with van der Waals surface area (Å²) in [6.07, 6.45) is 10.7. The van der Waals surface area contributed by atoms with Crippen molar-refractivity contribution in [1.29, 1.82) is 0 Å². The fourth-order valence-corrected chi connectivity index (χ4v) is 4.20. The molecular formula is C19H34N6. The summed E-state index contributed by atoms with van der Waals surface area (Å²) >= 11 is 0. The van der Waals surface area contributed by atoms with Gasteiger partial charge in [-0.3, -0.25) is 0 Å². The maximum atomic E-state index is 4.91. The number of aromatic nitrogens is 3. The molecule has 2 fully saturated rings. The Morgan fingerprint density at radius 1 is 1.20 bits per heavy atom. The van der Waals surface area contributed by atoms with Crippen LogP contribution >= 0.6 is 0 Å². The van der Waals surface area contributed by atoms with E-state index in [1.807, 2.05) is 18.5 Å². The summed E-state index contributed by atoms with van der Waals surface area (Å²) in [4.78, 5) is 7.40. The van der Waals surface area contributed by atoms with Gasteiger partial charge in [0.25, 0.3) is 0 Å². The maximum Gasteiger partial charge on any atom is 0.194 e. The lowest BCUT2D eigenvalue weighted by Crippen LogP contribution is -2.42. The number of nitrogens with one attached hydrogen (secondary N) is 1. The van der Waals surface area contributed by atoms with Crippen molar-refractivity contribution in [1.82, 2.24) is 25.0 Å².